The number of hydrogen-bond donors (Lipinski definition) is 2. The highest BCUT2D eigenvalue weighted by Crippen LogP contribution is 2.12. The maximum Gasteiger partial charge on any atom is 0.273 e. The predicted octanol–water partition coefficient (Wildman–Crippen LogP) is 1.21. The van der Waals surface area contributed by atoms with E-state index in [4.69, 9.17) is 19.7 Å². The zero-order chi connectivity index (χ0) is 15.1. The van der Waals surface area contributed by atoms with Gasteiger partial charge in [0.15, 0.2) is 11.5 Å². The van der Waals surface area contributed by atoms with Gasteiger partial charge in [0.2, 0.25) is 0 Å². The second-order valence-electron chi connectivity index (χ2n) is 4.28. The van der Waals surface area contributed by atoms with Gasteiger partial charge >= 0.3 is 0 Å². The third-order valence-electron chi connectivity index (χ3n) is 2.61. The summed E-state index contributed by atoms with van der Waals surface area (Å²) in [6.07, 6.45) is 0. The first kappa shape index (κ1) is 14.9. The van der Waals surface area contributed by atoms with Gasteiger partial charge in [-0.2, -0.15) is 0 Å². The summed E-state index contributed by atoms with van der Waals surface area (Å²) in [6, 6.07) is 8.58. The molecule has 1 aromatic heterocycles. The zero-order valence-corrected chi connectivity index (χ0v) is 11.7. The highest BCUT2D eigenvalue weighted by molar-refractivity contribution is 5.92. The molecule has 0 aliphatic carbocycles. The molecule has 1 aromatic carbocycles. The average molecular weight is 291 g/mol. The lowest BCUT2D eigenvalue weighted by Crippen LogP contribution is -2.28. The van der Waals surface area contributed by atoms with Crippen LogP contribution in [0.4, 0.5) is 5.69 Å². The Bertz CT molecular complexity index is 580. The van der Waals surface area contributed by atoms with Gasteiger partial charge in [0.25, 0.3) is 5.91 Å². The molecule has 2 aromatic rings. The van der Waals surface area contributed by atoms with Crippen LogP contribution >= 0.6 is 0 Å². The van der Waals surface area contributed by atoms with Crippen molar-refractivity contribution in [2.24, 2.45) is 0 Å². The molecule has 7 nitrogen and oxygen atoms in total. The van der Waals surface area contributed by atoms with E-state index in [2.05, 4.69) is 10.5 Å². The van der Waals surface area contributed by atoms with E-state index < -0.39 is 0 Å². The Balaban J connectivity index is 1.72. The highest BCUT2D eigenvalue weighted by atomic mass is 16.5. The van der Waals surface area contributed by atoms with E-state index >= 15 is 0 Å². The maximum absolute atomic E-state index is 11.8. The lowest BCUT2D eigenvalue weighted by molar-refractivity contribution is 0.0937. The molecule has 0 aliphatic heterocycles. The largest absolute Gasteiger partial charge is 0.492 e. The van der Waals surface area contributed by atoms with Crippen LogP contribution in [0.5, 0.6) is 5.75 Å². The first-order chi connectivity index (χ1) is 10.2. The van der Waals surface area contributed by atoms with Crippen LogP contribution in [0.25, 0.3) is 0 Å². The van der Waals surface area contributed by atoms with Crippen LogP contribution in [0.15, 0.2) is 34.9 Å². The van der Waals surface area contributed by atoms with Gasteiger partial charge < -0.3 is 25.0 Å². The Labute approximate surface area is 122 Å². The SMILES string of the molecule is COCc1cc(C(=O)NCCOc2ccc(N)cc2)no1. The molecule has 0 saturated carbocycles. The van der Waals surface area contributed by atoms with Gasteiger partial charge in [-0.15, -0.1) is 0 Å². The molecule has 0 saturated heterocycles. The van der Waals surface area contributed by atoms with Gasteiger partial charge in [-0.3, -0.25) is 4.79 Å². The van der Waals surface area contributed by atoms with Crippen molar-refractivity contribution >= 4 is 11.6 Å². The number of aromatic nitrogens is 1. The summed E-state index contributed by atoms with van der Waals surface area (Å²) in [5, 5.41) is 6.34. The molecule has 7 heteroatoms. The molecule has 0 fully saturated rings. The Hall–Kier alpha value is -2.54. The van der Waals surface area contributed by atoms with E-state index in [1.165, 1.54) is 7.11 Å². The Morgan fingerprint density at radius 1 is 1.38 bits per heavy atom. The Morgan fingerprint density at radius 2 is 2.14 bits per heavy atom. The monoisotopic (exact) mass is 291 g/mol. The quantitative estimate of drug-likeness (QED) is 0.587. The molecule has 0 bridgehead atoms. The molecule has 0 unspecified atom stereocenters. The maximum atomic E-state index is 11.8. The summed E-state index contributed by atoms with van der Waals surface area (Å²) in [4.78, 5) is 11.8. The summed E-state index contributed by atoms with van der Waals surface area (Å²) in [6.45, 7) is 0.981. The van der Waals surface area contributed by atoms with Gasteiger partial charge in [-0.1, -0.05) is 5.16 Å². The number of benzene rings is 1. The number of anilines is 1. The molecule has 21 heavy (non-hydrogen) atoms. The van der Waals surface area contributed by atoms with Crippen molar-refractivity contribution in [3.05, 3.63) is 41.8 Å². The number of rotatable bonds is 7. The first-order valence-electron chi connectivity index (χ1n) is 6.40. The smallest absolute Gasteiger partial charge is 0.273 e. The fraction of sp³-hybridized carbons (Fsp3) is 0.286. The minimum Gasteiger partial charge on any atom is -0.492 e. The first-order valence-corrected chi connectivity index (χ1v) is 6.40. The molecule has 0 spiro atoms. The van der Waals surface area contributed by atoms with Crippen molar-refractivity contribution in [2.75, 3.05) is 26.0 Å². The van der Waals surface area contributed by atoms with Crippen LogP contribution in [-0.2, 0) is 11.3 Å². The number of methoxy groups -OCH3 is 1. The third-order valence-corrected chi connectivity index (χ3v) is 2.61. The van der Waals surface area contributed by atoms with Crippen LogP contribution in [0.1, 0.15) is 16.2 Å². The fourth-order valence-electron chi connectivity index (χ4n) is 1.62. The molecule has 2 rings (SSSR count). The number of amides is 1. The number of nitrogens with one attached hydrogen (secondary N) is 1. The molecular formula is C14H17N3O4. The van der Waals surface area contributed by atoms with E-state index in [0.717, 1.165) is 0 Å². The second kappa shape index (κ2) is 7.30. The van der Waals surface area contributed by atoms with Crippen LogP contribution in [0.3, 0.4) is 0 Å². The molecular weight excluding hydrogens is 274 g/mol. The van der Waals surface area contributed by atoms with Gasteiger partial charge in [0.05, 0.1) is 6.54 Å². The van der Waals surface area contributed by atoms with Gasteiger partial charge in [0.1, 0.15) is 19.0 Å². The normalized spacial score (nSPS) is 10.3. The van der Waals surface area contributed by atoms with Gasteiger partial charge in [0, 0.05) is 18.9 Å². The highest BCUT2D eigenvalue weighted by Gasteiger charge is 2.11. The predicted molar refractivity (Wildman–Crippen MR) is 75.9 cm³/mol. The average Bonchev–Trinajstić information content (AvgIpc) is 2.94. The number of carbonyl (C=O) groups is 1. The van der Waals surface area contributed by atoms with Crippen molar-refractivity contribution in [3.63, 3.8) is 0 Å². The minimum atomic E-state index is -0.318. The van der Waals surface area contributed by atoms with Gasteiger partial charge in [-0.25, -0.2) is 0 Å². The number of carbonyl (C=O) groups excluding carboxylic acids is 1. The van der Waals surface area contributed by atoms with Crippen LogP contribution in [0.2, 0.25) is 0 Å². The topological polar surface area (TPSA) is 99.6 Å². The standard InChI is InChI=1S/C14H17N3O4/c1-19-9-12-8-13(17-21-12)14(18)16-6-7-20-11-4-2-10(15)3-5-11/h2-5,8H,6-7,9,15H2,1H3,(H,16,18). The molecule has 0 radical (unpaired) electrons. The fourth-order valence-corrected chi connectivity index (χ4v) is 1.62. The van der Waals surface area contributed by atoms with E-state index in [-0.39, 0.29) is 18.2 Å². The van der Waals surface area contributed by atoms with Crippen molar-refractivity contribution in [2.45, 2.75) is 6.61 Å². The number of nitrogen functional groups attached to an aromatic ring is 1. The summed E-state index contributed by atoms with van der Waals surface area (Å²) in [5.41, 5.74) is 6.46. The van der Waals surface area contributed by atoms with E-state index in [1.807, 2.05) is 0 Å². The Kier molecular flexibility index (Phi) is 5.16. The summed E-state index contributed by atoms with van der Waals surface area (Å²) >= 11 is 0. The molecule has 0 aliphatic rings. The summed E-state index contributed by atoms with van der Waals surface area (Å²) < 4.78 is 15.3. The second-order valence-corrected chi connectivity index (χ2v) is 4.28. The van der Waals surface area contributed by atoms with Crippen molar-refractivity contribution in [1.82, 2.24) is 10.5 Å². The third kappa shape index (κ3) is 4.50. The zero-order valence-electron chi connectivity index (χ0n) is 11.7. The molecule has 1 heterocycles. The van der Waals surface area contributed by atoms with E-state index in [0.29, 0.717) is 30.3 Å². The number of ether oxygens (including phenoxy) is 2. The molecule has 0 atom stereocenters. The van der Waals surface area contributed by atoms with Crippen LogP contribution in [0, 0.1) is 0 Å². The minimum absolute atomic E-state index is 0.217. The van der Waals surface area contributed by atoms with Crippen molar-refractivity contribution in [3.8, 4) is 5.75 Å². The number of nitrogens with zero attached hydrogens (tertiary/aromatic N) is 1. The number of nitrogens with two attached hydrogens (primary N) is 1. The van der Waals surface area contributed by atoms with E-state index in [9.17, 15) is 4.79 Å². The molecule has 3 N–H and O–H groups in total. The van der Waals surface area contributed by atoms with Crippen LogP contribution < -0.4 is 15.8 Å². The summed E-state index contributed by atoms with van der Waals surface area (Å²) in [5.74, 6) is 0.880. The Morgan fingerprint density at radius 3 is 2.86 bits per heavy atom. The molecule has 112 valence electrons. The lowest BCUT2D eigenvalue weighted by Gasteiger charge is -2.06. The van der Waals surface area contributed by atoms with Crippen LogP contribution in [-0.4, -0.2) is 31.3 Å². The van der Waals surface area contributed by atoms with E-state index in [1.54, 1.807) is 30.3 Å². The lowest BCUT2D eigenvalue weighted by atomic mass is 10.3. The number of hydrogen-bond acceptors (Lipinski definition) is 6. The van der Waals surface area contributed by atoms with Crippen molar-refractivity contribution in [1.29, 1.82) is 0 Å². The molecule has 1 amide bonds. The van der Waals surface area contributed by atoms with Crippen molar-refractivity contribution < 1.29 is 18.8 Å². The summed E-state index contributed by atoms with van der Waals surface area (Å²) in [7, 11) is 1.54. The van der Waals surface area contributed by atoms with Gasteiger partial charge in [-0.05, 0) is 24.3 Å².